The maximum atomic E-state index is 13.3. The number of nitrogens with two attached hydrogens (primary N) is 1. The van der Waals surface area contributed by atoms with E-state index in [1.165, 1.54) is 13.3 Å². The molecule has 15 heteroatoms. The summed E-state index contributed by atoms with van der Waals surface area (Å²) < 4.78 is 32.2. The third kappa shape index (κ3) is 6.32. The van der Waals surface area contributed by atoms with Crippen LogP contribution < -0.4 is 10.8 Å². The first-order chi connectivity index (χ1) is 16.1. The molecule has 0 amide bonds. The second kappa shape index (κ2) is 11.4. The molecule has 0 bridgehead atoms. The molecule has 1 aliphatic heterocycles. The fourth-order valence-corrected chi connectivity index (χ4v) is 5.75. The lowest BCUT2D eigenvalue weighted by atomic mass is 9.95. The summed E-state index contributed by atoms with van der Waals surface area (Å²) in [6, 6.07) is -0.207. The molecule has 190 valence electrons. The Kier molecular flexibility index (Phi) is 9.04. The third-order valence-corrected chi connectivity index (χ3v) is 8.09. The van der Waals surface area contributed by atoms with Gasteiger partial charge in [-0.15, -0.1) is 0 Å². The number of carbonyl (C=O) groups is 1. The molecule has 5 N–H and O–H groups in total. The molecule has 34 heavy (non-hydrogen) atoms. The second-order valence-electron chi connectivity index (χ2n) is 8.41. The number of anilines is 1. The van der Waals surface area contributed by atoms with Crippen molar-refractivity contribution in [3.8, 4) is 0 Å². The van der Waals surface area contributed by atoms with E-state index in [-0.39, 0.29) is 29.3 Å². The molecule has 3 rings (SSSR count). The molecule has 13 nitrogen and oxygen atoms in total. The highest BCUT2D eigenvalue weighted by molar-refractivity contribution is 8.13. The number of fused-ring (bicyclic) bond motifs is 1. The van der Waals surface area contributed by atoms with Gasteiger partial charge in [-0.1, -0.05) is 11.8 Å². The normalized spacial score (nSPS) is 20.8. The zero-order valence-corrected chi connectivity index (χ0v) is 21.0. The maximum Gasteiger partial charge on any atom is 0.408 e. The summed E-state index contributed by atoms with van der Waals surface area (Å²) in [4.78, 5) is 24.6. The van der Waals surface area contributed by atoms with Crippen LogP contribution in [0.1, 0.15) is 39.8 Å². The lowest BCUT2D eigenvalue weighted by Crippen LogP contribution is -2.34. The van der Waals surface area contributed by atoms with Gasteiger partial charge >= 0.3 is 7.75 Å². The molecule has 3 atom stereocenters. The predicted molar refractivity (Wildman–Crippen MR) is 126 cm³/mol. The summed E-state index contributed by atoms with van der Waals surface area (Å²) in [6.45, 7) is 4.06. The van der Waals surface area contributed by atoms with Crippen molar-refractivity contribution in [2.24, 2.45) is 5.41 Å². The Labute approximate surface area is 201 Å². The standard InChI is InChI=1S/C19H31N6O7PS/c1-12(2)24-33(29,30-6-7-34-18(28)19(3,8-26)9-27)32-14-5-4-13(31-14)25-11-23-15-16(20)21-10-22-17(15)25/h10-14,26-27H,4-9H2,1-3H3,(H,24,29)(H2,20,21,22)/t13-,14?,33?/m0/s1. The number of ether oxygens (including phenoxy) is 1. The first-order valence-electron chi connectivity index (χ1n) is 10.8. The van der Waals surface area contributed by atoms with Crippen molar-refractivity contribution in [2.75, 3.05) is 31.3 Å². The average Bonchev–Trinajstić information content (AvgIpc) is 3.42. The minimum absolute atomic E-state index is 0.0567. The van der Waals surface area contributed by atoms with Crippen LogP contribution in [0.25, 0.3) is 11.2 Å². The zero-order valence-electron chi connectivity index (χ0n) is 19.3. The minimum Gasteiger partial charge on any atom is -0.395 e. The number of aliphatic hydroxyl groups is 2. The minimum atomic E-state index is -3.77. The fraction of sp³-hybridized carbons (Fsp3) is 0.684. The zero-order chi connectivity index (χ0) is 24.9. The first kappa shape index (κ1) is 27.0. The number of hydrogen-bond acceptors (Lipinski definition) is 12. The molecule has 0 spiro atoms. The number of aromatic nitrogens is 4. The van der Waals surface area contributed by atoms with E-state index in [2.05, 4.69) is 20.0 Å². The van der Waals surface area contributed by atoms with E-state index >= 15 is 0 Å². The van der Waals surface area contributed by atoms with E-state index in [4.69, 9.17) is 19.5 Å². The van der Waals surface area contributed by atoms with Crippen LogP contribution in [0.2, 0.25) is 0 Å². The van der Waals surface area contributed by atoms with Gasteiger partial charge < -0.3 is 20.7 Å². The van der Waals surface area contributed by atoms with E-state index in [1.807, 2.05) is 0 Å². The first-order valence-corrected chi connectivity index (χ1v) is 13.3. The molecule has 0 aromatic carbocycles. The van der Waals surface area contributed by atoms with Gasteiger partial charge in [0, 0.05) is 18.2 Å². The largest absolute Gasteiger partial charge is 0.408 e. The highest BCUT2D eigenvalue weighted by Gasteiger charge is 2.37. The molecule has 2 aromatic rings. The summed E-state index contributed by atoms with van der Waals surface area (Å²) in [6.07, 6.45) is 2.68. The van der Waals surface area contributed by atoms with Crippen LogP contribution in [0.5, 0.6) is 0 Å². The van der Waals surface area contributed by atoms with Crippen LogP contribution in [0, 0.1) is 5.41 Å². The number of carbonyl (C=O) groups excluding carboxylic acids is 1. The van der Waals surface area contributed by atoms with Crippen LogP contribution >= 0.6 is 19.5 Å². The Morgan fingerprint density at radius 1 is 1.38 bits per heavy atom. The van der Waals surface area contributed by atoms with E-state index in [1.54, 1.807) is 24.7 Å². The van der Waals surface area contributed by atoms with E-state index in [0.717, 1.165) is 11.8 Å². The Balaban J connectivity index is 1.58. The molecule has 1 fully saturated rings. The maximum absolute atomic E-state index is 13.3. The molecule has 0 saturated carbocycles. The number of nitrogens with zero attached hydrogens (tertiary/aromatic N) is 4. The van der Waals surface area contributed by atoms with Gasteiger partial charge in [-0.25, -0.2) is 24.6 Å². The van der Waals surface area contributed by atoms with Crippen molar-refractivity contribution >= 4 is 41.6 Å². The van der Waals surface area contributed by atoms with Crippen molar-refractivity contribution < 1.29 is 33.4 Å². The molecular weight excluding hydrogens is 487 g/mol. The summed E-state index contributed by atoms with van der Waals surface area (Å²) in [5.74, 6) is 0.431. The SMILES string of the molecule is CC(C)NP(=O)(OCCSC(=O)C(C)(CO)CO)OC1CC[C@@H](n2cnc3c(N)ncnc32)O1. The van der Waals surface area contributed by atoms with Gasteiger partial charge in [0.15, 0.2) is 22.9 Å². The monoisotopic (exact) mass is 518 g/mol. The third-order valence-electron chi connectivity index (χ3n) is 5.10. The number of nitrogen functional groups attached to an aromatic ring is 1. The smallest absolute Gasteiger partial charge is 0.395 e. The lowest BCUT2D eigenvalue weighted by molar-refractivity contribution is -0.123. The second-order valence-corrected chi connectivity index (χ2v) is 11.2. The number of hydrogen-bond donors (Lipinski definition) is 4. The summed E-state index contributed by atoms with van der Waals surface area (Å²) >= 11 is 0.884. The summed E-state index contributed by atoms with van der Waals surface area (Å²) in [5.41, 5.74) is 5.58. The van der Waals surface area contributed by atoms with Crippen LogP contribution in [0.3, 0.4) is 0 Å². The van der Waals surface area contributed by atoms with Gasteiger partial charge in [-0.05, 0) is 27.2 Å². The average molecular weight is 519 g/mol. The van der Waals surface area contributed by atoms with Crippen LogP contribution in [-0.4, -0.2) is 72.8 Å². The number of thioether (sulfide) groups is 1. The predicted octanol–water partition coefficient (Wildman–Crippen LogP) is 1.43. The summed E-state index contributed by atoms with van der Waals surface area (Å²) in [5, 5.41) is 21.1. The molecule has 1 saturated heterocycles. The Morgan fingerprint density at radius 3 is 2.79 bits per heavy atom. The van der Waals surface area contributed by atoms with Crippen molar-refractivity contribution in [3.63, 3.8) is 0 Å². The fourth-order valence-electron chi connectivity index (χ4n) is 3.17. The van der Waals surface area contributed by atoms with Crippen LogP contribution in [0.4, 0.5) is 5.82 Å². The van der Waals surface area contributed by atoms with Crippen molar-refractivity contribution in [2.45, 2.75) is 52.2 Å². The Hall–Kier alpha value is -1.64. The summed E-state index contributed by atoms with van der Waals surface area (Å²) in [7, 11) is -3.77. The lowest BCUT2D eigenvalue weighted by Gasteiger charge is -2.25. The molecule has 2 unspecified atom stereocenters. The van der Waals surface area contributed by atoms with Gasteiger partial charge in [0.2, 0.25) is 0 Å². The molecule has 0 aliphatic carbocycles. The van der Waals surface area contributed by atoms with Gasteiger partial charge in [0.25, 0.3) is 0 Å². The Morgan fingerprint density at radius 2 is 2.12 bits per heavy atom. The van der Waals surface area contributed by atoms with Crippen molar-refractivity contribution in [1.82, 2.24) is 24.6 Å². The van der Waals surface area contributed by atoms with Gasteiger partial charge in [-0.3, -0.25) is 18.4 Å². The highest BCUT2D eigenvalue weighted by atomic mass is 32.2. The Bertz CT molecular complexity index is 1030. The molecule has 2 aromatic heterocycles. The molecule has 0 radical (unpaired) electrons. The van der Waals surface area contributed by atoms with Crippen LogP contribution in [-0.2, 0) is 23.1 Å². The van der Waals surface area contributed by atoms with Crippen LogP contribution in [0.15, 0.2) is 12.7 Å². The van der Waals surface area contributed by atoms with Gasteiger partial charge in [-0.2, -0.15) is 0 Å². The van der Waals surface area contributed by atoms with E-state index < -0.39 is 38.9 Å². The van der Waals surface area contributed by atoms with Gasteiger partial charge in [0.05, 0.1) is 31.6 Å². The number of aliphatic hydroxyl groups excluding tert-OH is 2. The highest BCUT2D eigenvalue weighted by Crippen LogP contribution is 2.48. The van der Waals surface area contributed by atoms with E-state index in [0.29, 0.717) is 24.0 Å². The van der Waals surface area contributed by atoms with Crippen molar-refractivity contribution in [1.29, 1.82) is 0 Å². The quantitative estimate of drug-likeness (QED) is 0.234. The topological polar surface area (TPSA) is 184 Å². The number of rotatable bonds is 12. The van der Waals surface area contributed by atoms with Gasteiger partial charge in [0.1, 0.15) is 18.1 Å². The van der Waals surface area contributed by atoms with Crippen molar-refractivity contribution in [3.05, 3.63) is 12.7 Å². The van der Waals surface area contributed by atoms with E-state index in [9.17, 15) is 19.6 Å². The molecule has 1 aliphatic rings. The number of imidazole rings is 1. The molecule has 3 heterocycles. The molecular formula is C19H31N6O7PS. The number of nitrogens with one attached hydrogen (secondary N) is 1.